The average molecular weight is 517 g/mol. The van der Waals surface area contributed by atoms with Crippen LogP contribution in [0.2, 0.25) is 0 Å². The molecular weight excluding hydrogens is 484 g/mol. The van der Waals surface area contributed by atoms with Gasteiger partial charge in [0.25, 0.3) is 10.2 Å². The Kier molecular flexibility index (Phi) is 8.01. The number of rotatable bonds is 6. The van der Waals surface area contributed by atoms with E-state index >= 15 is 0 Å². The molecule has 1 atom stereocenters. The van der Waals surface area contributed by atoms with Crippen LogP contribution in [-0.2, 0) is 21.4 Å². The SMILES string of the molecule is C[C@H](Cc1ccc(O)c(Br)c1)C(=O)N1CCC(N2CCN(S(=O)(=O)N(C)C)CC2)CC1. The van der Waals surface area contributed by atoms with Crippen molar-refractivity contribution in [1.29, 1.82) is 0 Å². The molecule has 31 heavy (non-hydrogen) atoms. The number of phenols is 1. The lowest BCUT2D eigenvalue weighted by Crippen LogP contribution is -2.56. The molecule has 1 aromatic carbocycles. The molecule has 1 aromatic rings. The summed E-state index contributed by atoms with van der Waals surface area (Å²) in [5, 5.41) is 9.64. The Morgan fingerprint density at radius 2 is 1.77 bits per heavy atom. The fourth-order valence-electron chi connectivity index (χ4n) is 4.41. The van der Waals surface area contributed by atoms with Crippen molar-refractivity contribution >= 4 is 32.0 Å². The molecule has 2 heterocycles. The van der Waals surface area contributed by atoms with Crippen LogP contribution in [0.3, 0.4) is 0 Å². The van der Waals surface area contributed by atoms with E-state index in [-0.39, 0.29) is 17.6 Å². The molecule has 2 aliphatic heterocycles. The number of carbonyl (C=O) groups excluding carboxylic acids is 1. The zero-order valence-corrected chi connectivity index (χ0v) is 20.9. The summed E-state index contributed by atoms with van der Waals surface area (Å²) in [6, 6.07) is 5.76. The van der Waals surface area contributed by atoms with Gasteiger partial charge in [-0.2, -0.15) is 17.0 Å². The van der Waals surface area contributed by atoms with Gasteiger partial charge in [-0.05, 0) is 52.9 Å². The van der Waals surface area contributed by atoms with Crippen molar-refractivity contribution < 1.29 is 18.3 Å². The maximum atomic E-state index is 12.9. The zero-order valence-electron chi connectivity index (χ0n) is 18.5. The third-order valence-corrected chi connectivity index (χ3v) is 8.90. The first-order chi connectivity index (χ1) is 14.6. The predicted molar refractivity (Wildman–Crippen MR) is 124 cm³/mol. The van der Waals surface area contributed by atoms with E-state index in [1.54, 1.807) is 24.5 Å². The van der Waals surface area contributed by atoms with Crippen LogP contribution in [0.1, 0.15) is 25.3 Å². The van der Waals surface area contributed by atoms with Gasteiger partial charge < -0.3 is 10.0 Å². The first-order valence-corrected chi connectivity index (χ1v) is 13.0. The number of amides is 1. The Balaban J connectivity index is 1.47. The van der Waals surface area contributed by atoms with Crippen molar-refractivity contribution in [3.05, 3.63) is 28.2 Å². The summed E-state index contributed by atoms with van der Waals surface area (Å²) in [6.45, 7) is 5.93. The summed E-state index contributed by atoms with van der Waals surface area (Å²) in [4.78, 5) is 17.3. The number of hydrogen-bond donors (Lipinski definition) is 1. The van der Waals surface area contributed by atoms with Crippen molar-refractivity contribution in [1.82, 2.24) is 18.4 Å². The van der Waals surface area contributed by atoms with Gasteiger partial charge >= 0.3 is 0 Å². The van der Waals surface area contributed by atoms with E-state index in [9.17, 15) is 18.3 Å². The smallest absolute Gasteiger partial charge is 0.281 e. The van der Waals surface area contributed by atoms with Crippen LogP contribution < -0.4 is 0 Å². The summed E-state index contributed by atoms with van der Waals surface area (Å²) >= 11 is 3.33. The molecular formula is C21H33BrN4O4S. The van der Waals surface area contributed by atoms with Crippen molar-refractivity contribution in [3.8, 4) is 5.75 Å². The summed E-state index contributed by atoms with van der Waals surface area (Å²) in [5.41, 5.74) is 1.02. The minimum absolute atomic E-state index is 0.118. The summed E-state index contributed by atoms with van der Waals surface area (Å²) < 4.78 is 28.0. The minimum Gasteiger partial charge on any atom is -0.507 e. The second-order valence-electron chi connectivity index (χ2n) is 8.67. The molecule has 1 N–H and O–H groups in total. The lowest BCUT2D eigenvalue weighted by molar-refractivity contribution is -0.136. The molecule has 2 saturated heterocycles. The van der Waals surface area contributed by atoms with Gasteiger partial charge in [-0.1, -0.05) is 13.0 Å². The number of halogens is 1. The van der Waals surface area contributed by atoms with E-state index in [2.05, 4.69) is 20.8 Å². The van der Waals surface area contributed by atoms with E-state index in [4.69, 9.17) is 0 Å². The third kappa shape index (κ3) is 5.78. The van der Waals surface area contributed by atoms with Crippen LogP contribution >= 0.6 is 15.9 Å². The quantitative estimate of drug-likeness (QED) is 0.622. The highest BCUT2D eigenvalue weighted by Gasteiger charge is 2.33. The molecule has 0 aromatic heterocycles. The van der Waals surface area contributed by atoms with Crippen LogP contribution in [0, 0.1) is 5.92 Å². The van der Waals surface area contributed by atoms with Gasteiger partial charge in [0, 0.05) is 65.3 Å². The normalized spacial score (nSPS) is 20.9. The molecule has 174 valence electrons. The maximum absolute atomic E-state index is 12.9. The van der Waals surface area contributed by atoms with Gasteiger partial charge in [0.15, 0.2) is 0 Å². The molecule has 2 aliphatic rings. The van der Waals surface area contributed by atoms with Gasteiger partial charge in [0.05, 0.1) is 4.47 Å². The number of nitrogens with zero attached hydrogens (tertiary/aromatic N) is 4. The van der Waals surface area contributed by atoms with Crippen LogP contribution in [-0.4, -0.2) is 97.2 Å². The van der Waals surface area contributed by atoms with Gasteiger partial charge in [0.1, 0.15) is 5.75 Å². The van der Waals surface area contributed by atoms with E-state index < -0.39 is 10.2 Å². The van der Waals surface area contributed by atoms with E-state index in [0.717, 1.165) is 44.6 Å². The minimum atomic E-state index is -3.34. The van der Waals surface area contributed by atoms with Crippen molar-refractivity contribution in [2.75, 3.05) is 53.4 Å². The number of piperazine rings is 1. The van der Waals surface area contributed by atoms with Crippen molar-refractivity contribution in [2.45, 2.75) is 32.2 Å². The summed E-state index contributed by atoms with van der Waals surface area (Å²) in [7, 11) is -0.214. The number of likely N-dealkylation sites (tertiary alicyclic amines) is 1. The van der Waals surface area contributed by atoms with Gasteiger partial charge in [-0.15, -0.1) is 0 Å². The Labute approximate surface area is 194 Å². The molecule has 0 spiro atoms. The standard InChI is InChI=1S/C21H33BrN4O4S/c1-16(14-17-4-5-20(27)19(22)15-17)21(28)25-8-6-18(7-9-25)24-10-12-26(13-11-24)31(29,30)23(2)3/h4-5,15-16,18,27H,6-14H2,1-3H3/t16-/m1/s1. The predicted octanol–water partition coefficient (Wildman–Crippen LogP) is 1.75. The molecule has 0 aliphatic carbocycles. The summed E-state index contributed by atoms with van der Waals surface area (Å²) in [6.07, 6.45) is 2.48. The van der Waals surface area contributed by atoms with Crippen molar-refractivity contribution in [2.24, 2.45) is 5.92 Å². The highest BCUT2D eigenvalue weighted by Crippen LogP contribution is 2.26. The number of hydrogen-bond acceptors (Lipinski definition) is 5. The van der Waals surface area contributed by atoms with Crippen LogP contribution in [0.25, 0.3) is 0 Å². The molecule has 3 rings (SSSR count). The number of piperidine rings is 1. The third-order valence-electron chi connectivity index (χ3n) is 6.33. The molecule has 1 amide bonds. The Morgan fingerprint density at radius 1 is 1.16 bits per heavy atom. The largest absolute Gasteiger partial charge is 0.507 e. The molecule has 0 unspecified atom stereocenters. The van der Waals surface area contributed by atoms with E-state index in [1.165, 1.54) is 4.31 Å². The first-order valence-electron chi connectivity index (χ1n) is 10.8. The number of benzene rings is 1. The Morgan fingerprint density at radius 3 is 2.32 bits per heavy atom. The fraction of sp³-hybridized carbons (Fsp3) is 0.667. The Bertz CT molecular complexity index is 879. The summed E-state index contributed by atoms with van der Waals surface area (Å²) in [5.74, 6) is 0.252. The topological polar surface area (TPSA) is 84.4 Å². The van der Waals surface area contributed by atoms with Gasteiger partial charge in [-0.25, -0.2) is 0 Å². The van der Waals surface area contributed by atoms with Crippen LogP contribution in [0.5, 0.6) is 5.75 Å². The van der Waals surface area contributed by atoms with Crippen LogP contribution in [0.4, 0.5) is 0 Å². The second kappa shape index (κ2) is 10.2. The van der Waals surface area contributed by atoms with E-state index in [1.807, 2.05) is 24.0 Å². The number of phenolic OH excluding ortho intramolecular Hbond substituents is 1. The maximum Gasteiger partial charge on any atom is 0.281 e. The van der Waals surface area contributed by atoms with Gasteiger partial charge in [0.2, 0.25) is 5.91 Å². The number of carbonyl (C=O) groups is 1. The molecule has 0 saturated carbocycles. The Hall–Kier alpha value is -1.20. The van der Waals surface area contributed by atoms with Crippen molar-refractivity contribution in [3.63, 3.8) is 0 Å². The fourth-order valence-corrected chi connectivity index (χ4v) is 5.92. The number of aromatic hydroxyl groups is 1. The molecule has 0 bridgehead atoms. The molecule has 10 heteroatoms. The zero-order chi connectivity index (χ0) is 22.8. The molecule has 8 nitrogen and oxygen atoms in total. The molecule has 2 fully saturated rings. The average Bonchev–Trinajstić information content (AvgIpc) is 2.76. The highest BCUT2D eigenvalue weighted by atomic mass is 79.9. The second-order valence-corrected chi connectivity index (χ2v) is 11.7. The highest BCUT2D eigenvalue weighted by molar-refractivity contribution is 9.10. The molecule has 0 radical (unpaired) electrons. The lowest BCUT2D eigenvalue weighted by atomic mass is 9.97. The lowest BCUT2D eigenvalue weighted by Gasteiger charge is -2.43. The van der Waals surface area contributed by atoms with E-state index in [0.29, 0.717) is 30.0 Å². The van der Waals surface area contributed by atoms with Gasteiger partial charge in [-0.3, -0.25) is 9.69 Å². The van der Waals surface area contributed by atoms with Crippen LogP contribution in [0.15, 0.2) is 22.7 Å². The first kappa shape index (κ1) is 24.4. The monoisotopic (exact) mass is 516 g/mol.